The average molecular weight is 380 g/mol. The summed E-state index contributed by atoms with van der Waals surface area (Å²) in [6.07, 6.45) is 6.15. The Morgan fingerprint density at radius 2 is 1.73 bits per heavy atom. The molecule has 1 aromatic carbocycles. The highest BCUT2D eigenvalue weighted by Crippen LogP contribution is 2.26. The fraction of sp³-hybridized carbons (Fsp3) is 0.632. The van der Waals surface area contributed by atoms with E-state index in [0.29, 0.717) is 12.1 Å². The van der Waals surface area contributed by atoms with E-state index in [0.717, 1.165) is 51.7 Å². The summed E-state index contributed by atoms with van der Waals surface area (Å²) in [5.41, 5.74) is 0.547. The number of sulfonamides is 1. The molecule has 7 heteroatoms. The molecule has 0 atom stereocenters. The first-order valence-electron chi connectivity index (χ1n) is 9.58. The molecular weight excluding hydrogens is 350 g/mol. The predicted molar refractivity (Wildman–Crippen MR) is 102 cm³/mol. The average Bonchev–Trinajstić information content (AvgIpc) is 2.97. The van der Waals surface area contributed by atoms with E-state index in [-0.39, 0.29) is 16.8 Å². The molecule has 26 heavy (non-hydrogen) atoms. The maximum atomic E-state index is 12.9. The molecule has 1 aromatic rings. The Morgan fingerprint density at radius 1 is 1.04 bits per heavy atom. The summed E-state index contributed by atoms with van der Waals surface area (Å²) in [5, 5.41) is 3.28. The van der Waals surface area contributed by atoms with Crippen LogP contribution in [0.15, 0.2) is 29.2 Å². The maximum Gasteiger partial charge on any atom is 0.253 e. The number of rotatable bonds is 4. The van der Waals surface area contributed by atoms with Crippen molar-refractivity contribution in [2.24, 2.45) is 0 Å². The summed E-state index contributed by atoms with van der Waals surface area (Å²) in [6, 6.07) is 6.50. The first kappa shape index (κ1) is 19.3. The highest BCUT2D eigenvalue weighted by atomic mass is 32.2. The highest BCUT2D eigenvalue weighted by Gasteiger charge is 2.29. The lowest BCUT2D eigenvalue weighted by molar-refractivity contribution is 0.0766. The molecule has 2 fully saturated rings. The molecule has 0 unspecified atom stereocenters. The largest absolute Gasteiger partial charge is 0.337 e. The van der Waals surface area contributed by atoms with Crippen LogP contribution >= 0.6 is 0 Å². The molecular formula is C19H29N3O3S. The number of hydrogen-bond donors (Lipinski definition) is 1. The second kappa shape index (κ2) is 8.50. The van der Waals surface area contributed by atoms with Crippen LogP contribution in [0.2, 0.25) is 0 Å². The monoisotopic (exact) mass is 379 g/mol. The molecule has 1 aliphatic carbocycles. The van der Waals surface area contributed by atoms with E-state index in [9.17, 15) is 13.2 Å². The molecule has 6 nitrogen and oxygen atoms in total. The summed E-state index contributed by atoms with van der Waals surface area (Å²) in [7, 11) is -1.84. The van der Waals surface area contributed by atoms with Gasteiger partial charge in [-0.3, -0.25) is 4.79 Å². The van der Waals surface area contributed by atoms with Crippen LogP contribution in [0.3, 0.4) is 0 Å². The molecule has 1 N–H and O–H groups in total. The zero-order chi connectivity index (χ0) is 18.6. The number of carbonyl (C=O) groups excluding carboxylic acids is 1. The van der Waals surface area contributed by atoms with Gasteiger partial charge in [0.15, 0.2) is 0 Å². The van der Waals surface area contributed by atoms with Crippen LogP contribution in [0.1, 0.15) is 48.9 Å². The van der Waals surface area contributed by atoms with Gasteiger partial charge in [-0.25, -0.2) is 8.42 Å². The van der Waals surface area contributed by atoms with Crippen molar-refractivity contribution in [3.63, 3.8) is 0 Å². The molecule has 1 saturated heterocycles. The van der Waals surface area contributed by atoms with Crippen LogP contribution in [0.5, 0.6) is 0 Å². The summed E-state index contributed by atoms with van der Waals surface area (Å²) in [5.74, 6) is -0.0294. The molecule has 3 rings (SSSR count). The van der Waals surface area contributed by atoms with Crippen LogP contribution in [0, 0.1) is 0 Å². The number of amides is 1. The van der Waals surface area contributed by atoms with Crippen molar-refractivity contribution in [2.75, 3.05) is 33.2 Å². The third-order valence-electron chi connectivity index (χ3n) is 5.49. The van der Waals surface area contributed by atoms with Gasteiger partial charge in [-0.15, -0.1) is 0 Å². The number of benzene rings is 1. The molecule has 0 spiro atoms. The maximum absolute atomic E-state index is 12.9. The van der Waals surface area contributed by atoms with Gasteiger partial charge in [0.05, 0.1) is 4.90 Å². The highest BCUT2D eigenvalue weighted by molar-refractivity contribution is 7.89. The Balaban J connectivity index is 1.72. The van der Waals surface area contributed by atoms with Gasteiger partial charge in [-0.2, -0.15) is 4.31 Å². The molecule has 144 valence electrons. The minimum Gasteiger partial charge on any atom is -0.337 e. The lowest BCUT2D eigenvalue weighted by atomic mass is 9.96. The van der Waals surface area contributed by atoms with Crippen molar-refractivity contribution in [3.05, 3.63) is 29.8 Å². The standard InChI is InChI=1S/C19H29N3O3S/c1-21(17-6-3-2-4-7-17)26(24,25)18-10-8-16(9-11-18)19(23)22-14-5-12-20-13-15-22/h8-11,17,20H,2-7,12-15H2,1H3. The predicted octanol–water partition coefficient (Wildman–Crippen LogP) is 2.08. The fourth-order valence-corrected chi connectivity index (χ4v) is 5.22. The van der Waals surface area contributed by atoms with Crippen LogP contribution < -0.4 is 5.32 Å². The molecule has 1 saturated carbocycles. The zero-order valence-corrected chi connectivity index (χ0v) is 16.3. The van der Waals surface area contributed by atoms with Crippen LogP contribution in [-0.4, -0.2) is 62.8 Å². The first-order valence-corrected chi connectivity index (χ1v) is 11.0. The SMILES string of the molecule is CN(C1CCCCC1)S(=O)(=O)c1ccc(C(=O)N2CCCNCC2)cc1. The van der Waals surface area contributed by atoms with E-state index >= 15 is 0 Å². The zero-order valence-electron chi connectivity index (χ0n) is 15.5. The van der Waals surface area contributed by atoms with Crippen molar-refractivity contribution < 1.29 is 13.2 Å². The molecule has 0 radical (unpaired) electrons. The third kappa shape index (κ3) is 4.27. The quantitative estimate of drug-likeness (QED) is 0.870. The number of carbonyl (C=O) groups is 1. The van der Waals surface area contributed by atoms with E-state index in [2.05, 4.69) is 5.32 Å². The Morgan fingerprint density at radius 3 is 2.42 bits per heavy atom. The molecule has 1 aliphatic heterocycles. The fourth-order valence-electron chi connectivity index (χ4n) is 3.81. The van der Waals surface area contributed by atoms with E-state index < -0.39 is 10.0 Å². The van der Waals surface area contributed by atoms with Gasteiger partial charge >= 0.3 is 0 Å². The summed E-state index contributed by atoms with van der Waals surface area (Å²) < 4.78 is 27.3. The van der Waals surface area contributed by atoms with Crippen molar-refractivity contribution in [2.45, 2.75) is 49.5 Å². The van der Waals surface area contributed by atoms with Gasteiger partial charge in [-0.1, -0.05) is 19.3 Å². The Hall–Kier alpha value is -1.44. The summed E-state index contributed by atoms with van der Waals surface area (Å²) in [4.78, 5) is 14.7. The molecule has 0 aromatic heterocycles. The summed E-state index contributed by atoms with van der Waals surface area (Å²) in [6.45, 7) is 3.14. The van der Waals surface area contributed by atoms with Crippen LogP contribution in [-0.2, 0) is 10.0 Å². The summed E-state index contributed by atoms with van der Waals surface area (Å²) >= 11 is 0. The minimum atomic E-state index is -3.51. The van der Waals surface area contributed by atoms with Gasteiger partial charge in [-0.05, 0) is 50.1 Å². The molecule has 2 aliphatic rings. The van der Waals surface area contributed by atoms with E-state index in [1.54, 1.807) is 31.3 Å². The topological polar surface area (TPSA) is 69.7 Å². The number of hydrogen-bond acceptors (Lipinski definition) is 4. The van der Waals surface area contributed by atoms with Gasteiger partial charge in [0.2, 0.25) is 10.0 Å². The van der Waals surface area contributed by atoms with E-state index in [4.69, 9.17) is 0 Å². The van der Waals surface area contributed by atoms with Crippen molar-refractivity contribution in [1.29, 1.82) is 0 Å². The molecule has 1 amide bonds. The minimum absolute atomic E-state index is 0.0294. The second-order valence-electron chi connectivity index (χ2n) is 7.23. The van der Waals surface area contributed by atoms with Gasteiger partial charge in [0, 0.05) is 38.3 Å². The Kier molecular flexibility index (Phi) is 6.32. The lowest BCUT2D eigenvalue weighted by Gasteiger charge is -2.30. The van der Waals surface area contributed by atoms with E-state index in [1.807, 2.05) is 4.90 Å². The first-order chi connectivity index (χ1) is 12.5. The number of nitrogens with one attached hydrogen (secondary N) is 1. The van der Waals surface area contributed by atoms with Crippen molar-refractivity contribution in [1.82, 2.24) is 14.5 Å². The van der Waals surface area contributed by atoms with Crippen LogP contribution in [0.25, 0.3) is 0 Å². The Bertz CT molecular complexity index is 704. The van der Waals surface area contributed by atoms with Gasteiger partial charge in [0.25, 0.3) is 5.91 Å². The second-order valence-corrected chi connectivity index (χ2v) is 9.23. The van der Waals surface area contributed by atoms with Gasteiger partial charge < -0.3 is 10.2 Å². The molecule has 1 heterocycles. The smallest absolute Gasteiger partial charge is 0.253 e. The normalized spacial score (nSPS) is 20.2. The lowest BCUT2D eigenvalue weighted by Crippen LogP contribution is -2.38. The van der Waals surface area contributed by atoms with E-state index in [1.165, 1.54) is 10.7 Å². The van der Waals surface area contributed by atoms with Crippen molar-refractivity contribution in [3.8, 4) is 0 Å². The molecule has 0 bridgehead atoms. The van der Waals surface area contributed by atoms with Crippen molar-refractivity contribution >= 4 is 15.9 Å². The Labute approximate surface area is 156 Å². The van der Waals surface area contributed by atoms with Gasteiger partial charge in [0.1, 0.15) is 0 Å². The van der Waals surface area contributed by atoms with Crippen LogP contribution in [0.4, 0.5) is 0 Å². The number of nitrogens with zero attached hydrogens (tertiary/aromatic N) is 2. The third-order valence-corrected chi connectivity index (χ3v) is 7.42.